The first-order chi connectivity index (χ1) is 13.1. The average molecular weight is 370 g/mol. The number of nitrogens with zero attached hydrogens (tertiary/aromatic N) is 2. The molecule has 2 aromatic rings. The summed E-state index contributed by atoms with van der Waals surface area (Å²) in [5.74, 6) is 1.88. The fourth-order valence-electron chi connectivity index (χ4n) is 3.34. The normalized spacial score (nSPS) is 14.8. The summed E-state index contributed by atoms with van der Waals surface area (Å²) in [6.07, 6.45) is 0.233. The lowest BCUT2D eigenvalue weighted by molar-refractivity contribution is -0.132. The first-order valence-corrected chi connectivity index (χ1v) is 9.08. The third-order valence-corrected chi connectivity index (χ3v) is 4.94. The van der Waals surface area contributed by atoms with E-state index in [9.17, 15) is 9.90 Å². The van der Waals surface area contributed by atoms with Gasteiger partial charge in [-0.3, -0.25) is 9.69 Å². The molecule has 0 aliphatic carbocycles. The van der Waals surface area contributed by atoms with Crippen molar-refractivity contribution in [3.8, 4) is 17.2 Å². The molecule has 2 aromatic carbocycles. The van der Waals surface area contributed by atoms with E-state index in [2.05, 4.69) is 4.90 Å². The van der Waals surface area contributed by atoms with Crippen LogP contribution in [0.4, 0.5) is 0 Å². The van der Waals surface area contributed by atoms with Crippen LogP contribution in [0.15, 0.2) is 42.5 Å². The van der Waals surface area contributed by atoms with E-state index in [1.165, 1.54) is 0 Å². The van der Waals surface area contributed by atoms with Crippen LogP contribution in [0.25, 0.3) is 0 Å². The van der Waals surface area contributed by atoms with Crippen LogP contribution < -0.4 is 9.47 Å². The Labute approximate surface area is 159 Å². The van der Waals surface area contributed by atoms with E-state index in [0.717, 1.165) is 36.7 Å². The molecule has 0 radical (unpaired) electrons. The lowest BCUT2D eigenvalue weighted by atomic mass is 10.1. The minimum Gasteiger partial charge on any atom is -0.508 e. The predicted molar refractivity (Wildman–Crippen MR) is 103 cm³/mol. The lowest BCUT2D eigenvalue weighted by Gasteiger charge is -2.35. The van der Waals surface area contributed by atoms with Crippen molar-refractivity contribution < 1.29 is 19.4 Å². The topological polar surface area (TPSA) is 62.2 Å². The fraction of sp³-hybridized carbons (Fsp3) is 0.381. The van der Waals surface area contributed by atoms with Gasteiger partial charge in [0, 0.05) is 43.9 Å². The Bertz CT molecular complexity index is 786. The Balaban J connectivity index is 1.56. The van der Waals surface area contributed by atoms with Gasteiger partial charge in [0.15, 0.2) is 0 Å². The van der Waals surface area contributed by atoms with E-state index < -0.39 is 0 Å². The molecule has 1 amide bonds. The second kappa shape index (κ2) is 8.77. The van der Waals surface area contributed by atoms with E-state index in [1.807, 2.05) is 29.2 Å². The zero-order valence-electron chi connectivity index (χ0n) is 15.9. The third-order valence-electron chi connectivity index (χ3n) is 4.94. The van der Waals surface area contributed by atoms with E-state index in [4.69, 9.17) is 9.47 Å². The highest BCUT2D eigenvalue weighted by molar-refractivity contribution is 5.79. The Morgan fingerprint density at radius 3 is 2.41 bits per heavy atom. The smallest absolute Gasteiger partial charge is 0.227 e. The predicted octanol–water partition coefficient (Wildman–Crippen LogP) is 2.30. The van der Waals surface area contributed by atoms with Crippen LogP contribution in [0, 0.1) is 0 Å². The van der Waals surface area contributed by atoms with Crippen LogP contribution in [0.2, 0.25) is 0 Å². The number of methoxy groups -OCH3 is 2. The number of ether oxygens (including phenoxy) is 2. The maximum atomic E-state index is 12.5. The Hall–Kier alpha value is -2.73. The summed E-state index contributed by atoms with van der Waals surface area (Å²) in [5.41, 5.74) is 1.75. The average Bonchev–Trinajstić information content (AvgIpc) is 2.70. The quantitative estimate of drug-likeness (QED) is 0.845. The van der Waals surface area contributed by atoms with Crippen LogP contribution in [0.1, 0.15) is 11.1 Å². The van der Waals surface area contributed by atoms with Crippen molar-refractivity contribution in [3.05, 3.63) is 53.6 Å². The van der Waals surface area contributed by atoms with Gasteiger partial charge in [-0.05, 0) is 24.3 Å². The van der Waals surface area contributed by atoms with Crippen LogP contribution in [-0.2, 0) is 17.8 Å². The van der Waals surface area contributed by atoms with Crippen molar-refractivity contribution >= 4 is 5.91 Å². The zero-order valence-corrected chi connectivity index (χ0v) is 15.9. The Morgan fingerprint density at radius 1 is 1.00 bits per heavy atom. The van der Waals surface area contributed by atoms with Gasteiger partial charge in [-0.25, -0.2) is 0 Å². The summed E-state index contributed by atoms with van der Waals surface area (Å²) in [7, 11) is 3.32. The lowest BCUT2D eigenvalue weighted by Crippen LogP contribution is -2.48. The summed E-state index contributed by atoms with van der Waals surface area (Å²) in [6, 6.07) is 12.8. The number of carbonyl (C=O) groups is 1. The zero-order chi connectivity index (χ0) is 19.2. The van der Waals surface area contributed by atoms with Crippen molar-refractivity contribution in [2.24, 2.45) is 0 Å². The number of hydrogen-bond donors (Lipinski definition) is 1. The molecule has 144 valence electrons. The molecule has 0 saturated carbocycles. The standard InChI is InChI=1S/C21H26N2O4/c1-26-18-7-8-20(27-2)17(13-18)15-22-9-11-23(12-10-22)21(25)14-16-5-3-4-6-19(16)24/h3-8,13,24H,9-12,14-15H2,1-2H3. The first kappa shape index (κ1) is 19.0. The van der Waals surface area contributed by atoms with E-state index in [0.29, 0.717) is 18.7 Å². The number of aromatic hydroxyl groups is 1. The molecule has 0 spiro atoms. The molecule has 1 saturated heterocycles. The van der Waals surface area contributed by atoms with Gasteiger partial charge in [-0.1, -0.05) is 18.2 Å². The molecule has 0 bridgehead atoms. The minimum atomic E-state index is 0.0510. The number of hydrogen-bond acceptors (Lipinski definition) is 5. The molecule has 0 unspecified atom stereocenters. The minimum absolute atomic E-state index is 0.0510. The maximum Gasteiger partial charge on any atom is 0.227 e. The summed E-state index contributed by atoms with van der Waals surface area (Å²) in [6.45, 7) is 3.71. The highest BCUT2D eigenvalue weighted by Gasteiger charge is 2.22. The number of phenols is 1. The SMILES string of the molecule is COc1ccc(OC)c(CN2CCN(C(=O)Cc3ccccc3O)CC2)c1. The Kier molecular flexibility index (Phi) is 6.19. The molecule has 1 N–H and O–H groups in total. The highest BCUT2D eigenvalue weighted by atomic mass is 16.5. The maximum absolute atomic E-state index is 12.5. The molecule has 1 heterocycles. The van der Waals surface area contributed by atoms with Crippen LogP contribution in [0.5, 0.6) is 17.2 Å². The van der Waals surface area contributed by atoms with Gasteiger partial charge in [-0.15, -0.1) is 0 Å². The second-order valence-corrected chi connectivity index (χ2v) is 6.64. The van der Waals surface area contributed by atoms with Gasteiger partial charge in [0.2, 0.25) is 5.91 Å². The second-order valence-electron chi connectivity index (χ2n) is 6.64. The molecule has 1 fully saturated rings. The van der Waals surface area contributed by atoms with Crippen molar-refractivity contribution in [2.75, 3.05) is 40.4 Å². The summed E-state index contributed by atoms with van der Waals surface area (Å²) in [5, 5.41) is 9.85. The Morgan fingerprint density at radius 2 is 1.74 bits per heavy atom. The van der Waals surface area contributed by atoms with Crippen LogP contribution >= 0.6 is 0 Å². The van der Waals surface area contributed by atoms with Crippen LogP contribution in [-0.4, -0.2) is 61.2 Å². The van der Waals surface area contributed by atoms with Gasteiger partial charge in [-0.2, -0.15) is 0 Å². The summed E-state index contributed by atoms with van der Waals surface area (Å²) < 4.78 is 10.8. The summed E-state index contributed by atoms with van der Waals surface area (Å²) >= 11 is 0. The van der Waals surface area contributed by atoms with Crippen molar-refractivity contribution in [3.63, 3.8) is 0 Å². The molecular formula is C21H26N2O4. The van der Waals surface area contributed by atoms with Crippen LogP contribution in [0.3, 0.4) is 0 Å². The summed E-state index contributed by atoms with van der Waals surface area (Å²) in [4.78, 5) is 16.7. The number of carbonyl (C=O) groups excluding carboxylic acids is 1. The molecule has 0 atom stereocenters. The van der Waals surface area contributed by atoms with Gasteiger partial charge < -0.3 is 19.5 Å². The number of amides is 1. The van der Waals surface area contributed by atoms with Gasteiger partial charge in [0.1, 0.15) is 17.2 Å². The molecule has 1 aliphatic rings. The van der Waals surface area contributed by atoms with Crippen molar-refractivity contribution in [1.29, 1.82) is 0 Å². The molecule has 6 heteroatoms. The van der Waals surface area contributed by atoms with Crippen molar-refractivity contribution in [1.82, 2.24) is 9.80 Å². The molecule has 1 aliphatic heterocycles. The largest absolute Gasteiger partial charge is 0.508 e. The molecule has 6 nitrogen and oxygen atoms in total. The molecule has 3 rings (SSSR count). The van der Waals surface area contributed by atoms with Gasteiger partial charge in [0.05, 0.1) is 20.6 Å². The number of benzene rings is 2. The number of rotatable bonds is 6. The number of para-hydroxylation sites is 1. The van der Waals surface area contributed by atoms with E-state index >= 15 is 0 Å². The first-order valence-electron chi connectivity index (χ1n) is 9.08. The van der Waals surface area contributed by atoms with Crippen molar-refractivity contribution in [2.45, 2.75) is 13.0 Å². The highest BCUT2D eigenvalue weighted by Crippen LogP contribution is 2.26. The molecular weight excluding hydrogens is 344 g/mol. The third kappa shape index (κ3) is 4.71. The van der Waals surface area contributed by atoms with Gasteiger partial charge in [0.25, 0.3) is 0 Å². The molecule has 27 heavy (non-hydrogen) atoms. The molecule has 0 aromatic heterocycles. The number of piperazine rings is 1. The fourth-order valence-corrected chi connectivity index (χ4v) is 3.34. The van der Waals surface area contributed by atoms with E-state index in [1.54, 1.807) is 32.4 Å². The number of phenolic OH excluding ortho intramolecular Hbond substituents is 1. The van der Waals surface area contributed by atoms with E-state index in [-0.39, 0.29) is 18.1 Å². The monoisotopic (exact) mass is 370 g/mol. The van der Waals surface area contributed by atoms with Gasteiger partial charge >= 0.3 is 0 Å².